The van der Waals surface area contributed by atoms with E-state index in [1.54, 1.807) is 48.5 Å². The number of carboxylic acid groups (broad SMARTS) is 1. The largest absolute Gasteiger partial charge is 0.508 e. The van der Waals surface area contributed by atoms with E-state index in [0.29, 0.717) is 38.8 Å². The van der Waals surface area contributed by atoms with Gasteiger partial charge in [-0.2, -0.15) is 8.62 Å². The number of H-pyrrole nitrogens is 1. The van der Waals surface area contributed by atoms with Crippen molar-refractivity contribution in [2.45, 2.75) is 25.2 Å². The van der Waals surface area contributed by atoms with Crippen LogP contribution in [-0.4, -0.2) is 58.0 Å². The molecule has 1 aliphatic carbocycles. The summed E-state index contributed by atoms with van der Waals surface area (Å²) in [4.78, 5) is 88.4. The molecule has 2 aliphatic heterocycles. The molecule has 4 aromatic rings. The Bertz CT molecular complexity index is 3200. The molecule has 2 unspecified atom stereocenters. The van der Waals surface area contributed by atoms with Crippen LogP contribution in [0.25, 0.3) is 33.4 Å². The molecule has 3 heterocycles. The highest BCUT2D eigenvalue weighted by molar-refractivity contribution is 7.66. The van der Waals surface area contributed by atoms with Crippen molar-refractivity contribution in [2.75, 3.05) is 6.61 Å². The molecule has 0 bridgehead atoms. The maximum Gasteiger partial charge on any atom is 0.490 e. The first-order valence-electron chi connectivity index (χ1n) is 17.7. The number of hydrogen-bond donors (Lipinski definition) is 7. The minimum atomic E-state index is -5.72. The summed E-state index contributed by atoms with van der Waals surface area (Å²) in [6.07, 6.45) is -0.552. The van der Waals surface area contributed by atoms with Gasteiger partial charge in [-0.1, -0.05) is 29.7 Å². The van der Waals surface area contributed by atoms with E-state index in [1.165, 1.54) is 30.3 Å². The van der Waals surface area contributed by atoms with Gasteiger partial charge in [-0.15, -0.1) is 0 Å². The lowest BCUT2D eigenvalue weighted by molar-refractivity contribution is -0.0243. The minimum Gasteiger partial charge on any atom is -0.508 e. The Kier molecular flexibility index (Phi) is 12.2. The number of ether oxygens (including phenoxy) is 1. The number of fused-ring (bicyclic) bond motifs is 2. The first-order chi connectivity index (χ1) is 29.2. The molecular formula is C39H29N2O18P3. The Labute approximate surface area is 347 Å². The molecule has 7 rings (SSSR count). The van der Waals surface area contributed by atoms with Crippen LogP contribution in [0.3, 0.4) is 0 Å². The summed E-state index contributed by atoms with van der Waals surface area (Å²) in [5.74, 6) is 10.3. The van der Waals surface area contributed by atoms with E-state index in [-0.39, 0.29) is 46.5 Å². The Hall–Kier alpha value is -6.21. The number of phosphoric acid groups is 3. The van der Waals surface area contributed by atoms with Gasteiger partial charge in [0.1, 0.15) is 28.9 Å². The number of nitrogens with one attached hydrogen (secondary N) is 1. The summed E-state index contributed by atoms with van der Waals surface area (Å²) in [5.41, 5.74) is 0.799. The Morgan fingerprint density at radius 3 is 2.15 bits per heavy atom. The number of carbonyl (C=O) groups is 1. The van der Waals surface area contributed by atoms with E-state index in [2.05, 4.69) is 41.8 Å². The van der Waals surface area contributed by atoms with E-state index in [1.807, 2.05) is 0 Å². The molecule has 318 valence electrons. The molecule has 0 saturated carbocycles. The number of aromatic hydroxyl groups is 1. The van der Waals surface area contributed by atoms with Gasteiger partial charge in [-0.25, -0.2) is 23.3 Å². The van der Waals surface area contributed by atoms with Gasteiger partial charge in [0.2, 0.25) is 0 Å². The van der Waals surface area contributed by atoms with E-state index in [0.717, 1.165) is 10.8 Å². The number of nitrogens with zero attached hydrogens (tertiary/aromatic N) is 1. The topological polar surface area (TPSA) is 312 Å². The average molecular weight is 907 g/mol. The molecule has 0 radical (unpaired) electrons. The zero-order valence-corrected chi connectivity index (χ0v) is 33.9. The van der Waals surface area contributed by atoms with Crippen LogP contribution in [0.2, 0.25) is 0 Å². The third-order valence-electron chi connectivity index (χ3n) is 8.98. The van der Waals surface area contributed by atoms with Crippen molar-refractivity contribution >= 4 is 40.4 Å². The van der Waals surface area contributed by atoms with Gasteiger partial charge in [0.05, 0.1) is 18.3 Å². The molecule has 23 heteroatoms. The minimum absolute atomic E-state index is 0.0676. The Morgan fingerprint density at radius 2 is 1.45 bits per heavy atom. The van der Waals surface area contributed by atoms with Crippen molar-refractivity contribution in [3.63, 3.8) is 0 Å². The summed E-state index contributed by atoms with van der Waals surface area (Å²) in [5, 5.41) is 20.8. The average Bonchev–Trinajstić information content (AvgIpc) is 3.66. The highest BCUT2D eigenvalue weighted by Gasteiger charge is 2.41. The van der Waals surface area contributed by atoms with Gasteiger partial charge in [0.15, 0.2) is 5.43 Å². The normalized spacial score (nSPS) is 17.0. The number of phenolic OH excluding ortho intramolecular Hbond substituents is 1. The fourth-order valence-corrected chi connectivity index (χ4v) is 9.42. The summed E-state index contributed by atoms with van der Waals surface area (Å²) < 4.78 is 59.0. The quantitative estimate of drug-likeness (QED) is 0.0559. The SMILES string of the molecule is O=C(O)c1cc(C#Cc2ccc(C#Cc3cn([C@H]4CC[C@@H](COP(=O)(O)OP(=O)(O)OP(=O)(O)O)O4)c(=O)[nH]c3=O)cc2)ccc1-c1c2ccc(=O)cc-2oc2cc(O)ccc12. The first-order valence-corrected chi connectivity index (χ1v) is 22.3. The van der Waals surface area contributed by atoms with Crippen molar-refractivity contribution in [3.05, 3.63) is 144 Å². The van der Waals surface area contributed by atoms with Gasteiger partial charge in [0, 0.05) is 51.5 Å². The fourth-order valence-electron chi connectivity index (χ4n) is 6.37. The van der Waals surface area contributed by atoms with Crippen LogP contribution in [0.15, 0.2) is 104 Å². The van der Waals surface area contributed by atoms with Gasteiger partial charge < -0.3 is 38.9 Å². The van der Waals surface area contributed by atoms with E-state index in [9.17, 15) is 52.9 Å². The number of phenols is 1. The van der Waals surface area contributed by atoms with Gasteiger partial charge >= 0.3 is 35.1 Å². The second-order valence-electron chi connectivity index (χ2n) is 13.3. The summed E-state index contributed by atoms with van der Waals surface area (Å²) in [6, 6.07) is 19.8. The van der Waals surface area contributed by atoms with Crippen LogP contribution in [-0.2, 0) is 31.6 Å². The summed E-state index contributed by atoms with van der Waals surface area (Å²) in [7, 11) is -16.7. The molecule has 1 aromatic heterocycles. The molecular weight excluding hydrogens is 877 g/mol. The number of aromatic carboxylic acids is 1. The second-order valence-corrected chi connectivity index (χ2v) is 17.8. The molecule has 4 atom stereocenters. The molecule has 0 spiro atoms. The predicted molar refractivity (Wildman–Crippen MR) is 216 cm³/mol. The smallest absolute Gasteiger partial charge is 0.490 e. The van der Waals surface area contributed by atoms with Crippen LogP contribution in [0, 0.1) is 23.7 Å². The van der Waals surface area contributed by atoms with Crippen LogP contribution in [0.4, 0.5) is 0 Å². The Balaban J connectivity index is 1.05. The lowest BCUT2D eigenvalue weighted by Crippen LogP contribution is -2.33. The molecule has 7 N–H and O–H groups in total. The van der Waals surface area contributed by atoms with Gasteiger partial charge in [0.25, 0.3) is 5.56 Å². The molecule has 3 aromatic carbocycles. The van der Waals surface area contributed by atoms with Crippen molar-refractivity contribution < 1.29 is 70.6 Å². The zero-order chi connectivity index (χ0) is 44.6. The van der Waals surface area contributed by atoms with Gasteiger partial charge in [-0.3, -0.25) is 23.7 Å². The summed E-state index contributed by atoms with van der Waals surface area (Å²) >= 11 is 0. The lowest BCUT2D eigenvalue weighted by atomic mass is 9.90. The van der Waals surface area contributed by atoms with E-state index in [4.69, 9.17) is 18.9 Å². The van der Waals surface area contributed by atoms with Crippen molar-refractivity contribution in [1.29, 1.82) is 0 Å². The standard InChI is InChI=1S/C39H29N2O18P3/c42-26-10-14-30-33(18-26)57-34-19-27(43)11-15-31(34)36(30)29-13-8-24(17-32(29)38(45)46)6-5-22-1-3-23(4-2-22)7-9-25-20-41(39(47)40-37(25)44)35-16-12-28(56-35)21-55-61(51,52)59-62(53,54)58-60(48,49)50/h1-4,8,10-11,13-15,17-20,28,35,42H,12,16,21H2,(H,45,46)(H,51,52)(H,53,54)(H,40,44,47)(H2,48,49,50)/t28-,35+/m0/s1. The number of phosphoric ester groups is 1. The van der Waals surface area contributed by atoms with E-state index >= 15 is 0 Å². The Morgan fingerprint density at radius 1 is 0.790 bits per heavy atom. The zero-order valence-electron chi connectivity index (χ0n) is 31.2. The number of carboxylic acids is 1. The van der Waals surface area contributed by atoms with Crippen LogP contribution in [0.1, 0.15) is 51.7 Å². The lowest BCUT2D eigenvalue weighted by Gasteiger charge is -2.19. The number of benzene rings is 4. The highest BCUT2D eigenvalue weighted by atomic mass is 31.3. The number of aromatic nitrogens is 2. The number of rotatable bonds is 10. The fraction of sp³-hybridized carbons (Fsp3) is 0.128. The van der Waals surface area contributed by atoms with Crippen LogP contribution < -0.4 is 16.7 Å². The maximum absolute atomic E-state index is 12.6. The van der Waals surface area contributed by atoms with Crippen molar-refractivity contribution in [1.82, 2.24) is 9.55 Å². The number of aromatic amines is 1. The molecule has 3 aliphatic rings. The van der Waals surface area contributed by atoms with E-state index < -0.39 is 59.6 Å². The number of hydrogen-bond acceptors (Lipinski definition) is 13. The maximum atomic E-state index is 12.6. The predicted octanol–water partition coefficient (Wildman–Crippen LogP) is 4.64. The van der Waals surface area contributed by atoms with Crippen LogP contribution in [0.5, 0.6) is 5.75 Å². The van der Waals surface area contributed by atoms with Crippen molar-refractivity contribution in [3.8, 4) is 51.9 Å². The van der Waals surface area contributed by atoms with Crippen molar-refractivity contribution in [2.24, 2.45) is 0 Å². The molecule has 20 nitrogen and oxygen atoms in total. The first kappa shape index (κ1) is 43.9. The highest BCUT2D eigenvalue weighted by Crippen LogP contribution is 2.66. The third-order valence-corrected chi connectivity index (χ3v) is 12.8. The summed E-state index contributed by atoms with van der Waals surface area (Å²) in [6.45, 7) is -0.722. The monoisotopic (exact) mass is 906 g/mol. The van der Waals surface area contributed by atoms with Crippen LogP contribution >= 0.6 is 23.5 Å². The molecule has 1 fully saturated rings. The molecule has 0 amide bonds. The molecule has 62 heavy (non-hydrogen) atoms. The third kappa shape index (κ3) is 10.4. The molecule has 1 saturated heterocycles. The second kappa shape index (κ2) is 17.3. The van der Waals surface area contributed by atoms with Gasteiger partial charge in [-0.05, 0) is 79.1 Å².